The maximum Gasteiger partial charge on any atom is 0.133 e. The minimum atomic E-state index is -0.270. The van der Waals surface area contributed by atoms with Crippen LogP contribution in [0.25, 0.3) is 10.1 Å². The van der Waals surface area contributed by atoms with Crippen molar-refractivity contribution >= 4 is 34.1 Å². The first-order chi connectivity index (χ1) is 6.74. The van der Waals surface area contributed by atoms with Crippen LogP contribution >= 0.6 is 24.0 Å². The van der Waals surface area contributed by atoms with Gasteiger partial charge < -0.3 is 0 Å². The second-order valence-electron chi connectivity index (χ2n) is 2.82. The van der Waals surface area contributed by atoms with E-state index in [4.69, 9.17) is 5.26 Å². The topological polar surface area (TPSA) is 23.8 Å². The van der Waals surface area contributed by atoms with E-state index < -0.39 is 0 Å². The zero-order valence-electron chi connectivity index (χ0n) is 7.12. The molecule has 1 aromatic carbocycles. The highest BCUT2D eigenvalue weighted by atomic mass is 32.1. The van der Waals surface area contributed by atoms with Crippen molar-refractivity contribution in [2.45, 2.75) is 11.3 Å². The average molecular weight is 223 g/mol. The summed E-state index contributed by atoms with van der Waals surface area (Å²) in [6.45, 7) is 0. The first-order valence-corrected chi connectivity index (χ1v) is 5.26. The van der Waals surface area contributed by atoms with Crippen LogP contribution in [-0.4, -0.2) is 0 Å². The molecule has 0 unspecified atom stereocenters. The minimum Gasteiger partial charge on any atom is -0.206 e. The first-order valence-electron chi connectivity index (χ1n) is 4.00. The summed E-state index contributed by atoms with van der Waals surface area (Å²) in [6, 6.07) is 6.95. The monoisotopic (exact) mass is 223 g/mol. The van der Waals surface area contributed by atoms with Crippen LogP contribution in [0.4, 0.5) is 4.39 Å². The molecule has 0 atom stereocenters. The summed E-state index contributed by atoms with van der Waals surface area (Å²) in [7, 11) is 0. The fourth-order valence-electron chi connectivity index (χ4n) is 1.33. The lowest BCUT2D eigenvalue weighted by Gasteiger charge is -1.92. The van der Waals surface area contributed by atoms with E-state index in [0.717, 1.165) is 9.58 Å². The van der Waals surface area contributed by atoms with Crippen molar-refractivity contribution in [2.75, 3.05) is 0 Å². The Bertz CT molecular complexity index is 525. The second kappa shape index (κ2) is 3.60. The van der Waals surface area contributed by atoms with Crippen molar-refractivity contribution in [1.82, 2.24) is 0 Å². The number of nitrogens with zero attached hydrogens (tertiary/aromatic N) is 1. The predicted octanol–water partition coefficient (Wildman–Crippen LogP) is 3.40. The van der Waals surface area contributed by atoms with Crippen LogP contribution in [-0.2, 0) is 6.42 Å². The molecule has 1 nitrogen and oxygen atoms in total. The zero-order valence-corrected chi connectivity index (χ0v) is 8.83. The molecule has 0 radical (unpaired) electrons. The molecule has 0 aliphatic heterocycles. The van der Waals surface area contributed by atoms with Crippen LogP contribution in [0.3, 0.4) is 0 Å². The van der Waals surface area contributed by atoms with Gasteiger partial charge in [-0.2, -0.15) is 5.26 Å². The molecule has 0 saturated carbocycles. The molecule has 0 N–H and O–H groups in total. The molecular formula is C10H6FNS2. The van der Waals surface area contributed by atoms with Crippen LogP contribution in [0, 0.1) is 17.1 Å². The number of nitriles is 1. The van der Waals surface area contributed by atoms with Gasteiger partial charge in [-0.15, -0.1) is 24.0 Å². The maximum absolute atomic E-state index is 13.4. The molecule has 0 aliphatic rings. The van der Waals surface area contributed by atoms with Gasteiger partial charge in [-0.05, 0) is 12.1 Å². The standard InChI is InChI=1S/C10H6FNS2/c11-6-2-1-3-7-9(6)10(13)8(14-7)4-5-12/h1-3,13H,4H2. The van der Waals surface area contributed by atoms with Crippen molar-refractivity contribution in [1.29, 1.82) is 5.26 Å². The largest absolute Gasteiger partial charge is 0.206 e. The van der Waals surface area contributed by atoms with E-state index in [1.165, 1.54) is 17.4 Å². The Balaban J connectivity index is 2.75. The van der Waals surface area contributed by atoms with E-state index in [0.29, 0.717) is 10.3 Å². The lowest BCUT2D eigenvalue weighted by Crippen LogP contribution is -1.77. The number of halogens is 1. The van der Waals surface area contributed by atoms with Gasteiger partial charge in [-0.1, -0.05) is 6.07 Å². The quantitative estimate of drug-likeness (QED) is 0.736. The third-order valence-electron chi connectivity index (χ3n) is 1.95. The van der Waals surface area contributed by atoms with Crippen LogP contribution < -0.4 is 0 Å². The van der Waals surface area contributed by atoms with Crippen molar-refractivity contribution in [3.8, 4) is 6.07 Å². The molecule has 1 heterocycles. The molecule has 0 spiro atoms. The molecule has 0 fully saturated rings. The SMILES string of the molecule is N#CCc1sc2cccc(F)c2c1S. The van der Waals surface area contributed by atoms with Crippen LogP contribution in [0.2, 0.25) is 0 Å². The van der Waals surface area contributed by atoms with Crippen molar-refractivity contribution in [3.63, 3.8) is 0 Å². The number of rotatable bonds is 1. The molecule has 0 bridgehead atoms. The molecule has 4 heteroatoms. The second-order valence-corrected chi connectivity index (χ2v) is 4.41. The number of benzene rings is 1. The highest BCUT2D eigenvalue weighted by molar-refractivity contribution is 7.80. The van der Waals surface area contributed by atoms with Gasteiger partial charge in [-0.25, -0.2) is 4.39 Å². The molecule has 2 aromatic rings. The van der Waals surface area contributed by atoms with Gasteiger partial charge in [0.05, 0.1) is 12.5 Å². The summed E-state index contributed by atoms with van der Waals surface area (Å²) >= 11 is 5.66. The predicted molar refractivity (Wildman–Crippen MR) is 58.4 cm³/mol. The molecular weight excluding hydrogens is 217 g/mol. The van der Waals surface area contributed by atoms with Gasteiger partial charge in [0.15, 0.2) is 0 Å². The van der Waals surface area contributed by atoms with E-state index in [1.54, 1.807) is 6.07 Å². The van der Waals surface area contributed by atoms with Crippen LogP contribution in [0.1, 0.15) is 4.88 Å². The van der Waals surface area contributed by atoms with E-state index >= 15 is 0 Å². The van der Waals surface area contributed by atoms with E-state index in [-0.39, 0.29) is 12.2 Å². The summed E-state index contributed by atoms with van der Waals surface area (Å²) < 4.78 is 14.2. The van der Waals surface area contributed by atoms with Gasteiger partial charge in [-0.3, -0.25) is 0 Å². The van der Waals surface area contributed by atoms with E-state index in [1.807, 2.05) is 12.1 Å². The lowest BCUT2D eigenvalue weighted by atomic mass is 10.2. The maximum atomic E-state index is 13.4. The van der Waals surface area contributed by atoms with Crippen molar-refractivity contribution in [2.24, 2.45) is 0 Å². The smallest absolute Gasteiger partial charge is 0.133 e. The third kappa shape index (κ3) is 1.39. The van der Waals surface area contributed by atoms with Gasteiger partial charge in [0.1, 0.15) is 5.82 Å². The molecule has 2 rings (SSSR count). The van der Waals surface area contributed by atoms with E-state index in [2.05, 4.69) is 12.6 Å². The van der Waals surface area contributed by atoms with Crippen LogP contribution in [0.15, 0.2) is 23.1 Å². The molecule has 70 valence electrons. The highest BCUT2D eigenvalue weighted by Crippen LogP contribution is 2.35. The molecule has 0 saturated heterocycles. The summed E-state index contributed by atoms with van der Waals surface area (Å²) in [5, 5.41) is 9.10. The molecule has 14 heavy (non-hydrogen) atoms. The number of fused-ring (bicyclic) bond motifs is 1. The Kier molecular flexibility index (Phi) is 2.44. The Hall–Kier alpha value is -1.05. The number of hydrogen-bond acceptors (Lipinski definition) is 3. The number of thiol groups is 1. The first kappa shape index (κ1) is 9.50. The Labute approximate surface area is 90.2 Å². The third-order valence-corrected chi connectivity index (χ3v) is 3.75. The molecule has 1 aromatic heterocycles. The minimum absolute atomic E-state index is 0.270. The highest BCUT2D eigenvalue weighted by Gasteiger charge is 2.11. The fourth-order valence-corrected chi connectivity index (χ4v) is 2.90. The summed E-state index contributed by atoms with van der Waals surface area (Å²) in [5.74, 6) is -0.270. The van der Waals surface area contributed by atoms with Crippen molar-refractivity contribution < 1.29 is 4.39 Å². The normalized spacial score (nSPS) is 10.4. The summed E-state index contributed by atoms with van der Waals surface area (Å²) in [4.78, 5) is 1.43. The van der Waals surface area contributed by atoms with Gasteiger partial charge in [0.25, 0.3) is 0 Å². The Morgan fingerprint density at radius 2 is 2.29 bits per heavy atom. The van der Waals surface area contributed by atoms with Gasteiger partial charge >= 0.3 is 0 Å². The van der Waals surface area contributed by atoms with Gasteiger partial charge in [0.2, 0.25) is 0 Å². The number of thiophene rings is 1. The van der Waals surface area contributed by atoms with Gasteiger partial charge in [0, 0.05) is 19.9 Å². The lowest BCUT2D eigenvalue weighted by molar-refractivity contribution is 0.638. The average Bonchev–Trinajstić information content (AvgIpc) is 2.46. The summed E-state index contributed by atoms with van der Waals surface area (Å²) in [5.41, 5.74) is 0. The molecule has 0 amide bonds. The van der Waals surface area contributed by atoms with Crippen molar-refractivity contribution in [3.05, 3.63) is 28.9 Å². The fraction of sp³-hybridized carbons (Fsp3) is 0.100. The zero-order chi connectivity index (χ0) is 10.1. The van der Waals surface area contributed by atoms with Crippen LogP contribution in [0.5, 0.6) is 0 Å². The Morgan fingerprint density at radius 3 is 2.93 bits per heavy atom. The number of hydrogen-bond donors (Lipinski definition) is 1. The molecule has 0 aliphatic carbocycles. The summed E-state index contributed by atoms with van der Waals surface area (Å²) in [6.07, 6.45) is 0.289. The Morgan fingerprint density at radius 1 is 1.50 bits per heavy atom. The van der Waals surface area contributed by atoms with E-state index in [9.17, 15) is 4.39 Å².